The molecule has 0 heterocycles. The third kappa shape index (κ3) is 5.48. The van der Waals surface area contributed by atoms with Crippen LogP contribution in [0.15, 0.2) is 24.3 Å². The molecule has 0 radical (unpaired) electrons. The second-order valence-corrected chi connectivity index (χ2v) is 3.69. The van der Waals surface area contributed by atoms with Gasteiger partial charge in [-0.3, -0.25) is 4.79 Å². The summed E-state index contributed by atoms with van der Waals surface area (Å²) in [7, 11) is 1.48. The lowest BCUT2D eigenvalue weighted by Crippen LogP contribution is -2.26. The molecular formula is C14H17NO3. The summed E-state index contributed by atoms with van der Waals surface area (Å²) in [4.78, 5) is 11.2. The van der Waals surface area contributed by atoms with Crippen LogP contribution in [0, 0.1) is 11.8 Å². The summed E-state index contributed by atoms with van der Waals surface area (Å²) in [5.74, 6) is 5.66. The summed E-state index contributed by atoms with van der Waals surface area (Å²) < 4.78 is 4.72. The van der Waals surface area contributed by atoms with E-state index in [9.17, 15) is 4.79 Å². The Bertz CT molecular complexity index is 446. The Balaban J connectivity index is 2.55. The van der Waals surface area contributed by atoms with E-state index in [1.165, 1.54) is 7.11 Å². The summed E-state index contributed by atoms with van der Waals surface area (Å²) >= 11 is 0. The smallest absolute Gasteiger partial charge is 0.246 e. The van der Waals surface area contributed by atoms with E-state index in [1.54, 1.807) is 0 Å². The lowest BCUT2D eigenvalue weighted by molar-refractivity contribution is -0.124. The minimum Gasteiger partial charge on any atom is -0.395 e. The number of carbonyl (C=O) groups excluding carboxylic acids is 1. The molecule has 0 unspecified atom stereocenters. The van der Waals surface area contributed by atoms with E-state index in [2.05, 4.69) is 17.2 Å². The van der Waals surface area contributed by atoms with Crippen molar-refractivity contribution in [2.24, 2.45) is 0 Å². The zero-order chi connectivity index (χ0) is 13.2. The Morgan fingerprint density at radius 3 is 3.06 bits per heavy atom. The molecule has 1 amide bonds. The van der Waals surface area contributed by atoms with E-state index in [1.807, 2.05) is 24.3 Å². The zero-order valence-corrected chi connectivity index (χ0v) is 10.4. The molecule has 1 rings (SSSR count). The van der Waals surface area contributed by atoms with Gasteiger partial charge in [-0.1, -0.05) is 24.0 Å². The van der Waals surface area contributed by atoms with Crippen LogP contribution in [-0.2, 0) is 16.1 Å². The molecule has 4 nitrogen and oxygen atoms in total. The number of methoxy groups -OCH3 is 1. The fourth-order valence-electron chi connectivity index (χ4n) is 1.36. The lowest BCUT2D eigenvalue weighted by atomic mass is 10.1. The largest absolute Gasteiger partial charge is 0.395 e. The minimum atomic E-state index is -0.144. The molecule has 2 N–H and O–H groups in total. The molecule has 0 saturated heterocycles. The number of ether oxygens (including phenoxy) is 1. The van der Waals surface area contributed by atoms with Crippen molar-refractivity contribution in [3.63, 3.8) is 0 Å². The maximum Gasteiger partial charge on any atom is 0.246 e. The Morgan fingerprint density at radius 1 is 1.50 bits per heavy atom. The van der Waals surface area contributed by atoms with Crippen molar-refractivity contribution in [3.05, 3.63) is 35.4 Å². The molecule has 0 aliphatic rings. The minimum absolute atomic E-state index is 0.0655. The third-order valence-corrected chi connectivity index (χ3v) is 2.16. The van der Waals surface area contributed by atoms with Crippen LogP contribution in [0.1, 0.15) is 17.5 Å². The van der Waals surface area contributed by atoms with E-state index in [0.717, 1.165) is 11.1 Å². The van der Waals surface area contributed by atoms with Crippen molar-refractivity contribution >= 4 is 5.91 Å². The molecule has 0 spiro atoms. The van der Waals surface area contributed by atoms with Crippen LogP contribution in [0.3, 0.4) is 0 Å². The van der Waals surface area contributed by atoms with E-state index >= 15 is 0 Å². The molecule has 0 aromatic heterocycles. The molecule has 0 fully saturated rings. The lowest BCUT2D eigenvalue weighted by Gasteiger charge is -2.04. The predicted molar refractivity (Wildman–Crippen MR) is 68.7 cm³/mol. The van der Waals surface area contributed by atoms with E-state index in [-0.39, 0.29) is 19.1 Å². The van der Waals surface area contributed by atoms with Crippen molar-refractivity contribution < 1.29 is 14.6 Å². The van der Waals surface area contributed by atoms with Crippen LogP contribution in [-0.4, -0.2) is 31.3 Å². The van der Waals surface area contributed by atoms with Gasteiger partial charge < -0.3 is 15.2 Å². The molecule has 1 aromatic carbocycles. The predicted octanol–water partition coefficient (Wildman–Crippen LogP) is 0.683. The number of benzene rings is 1. The highest BCUT2D eigenvalue weighted by molar-refractivity contribution is 5.77. The standard InChI is InChI=1S/C14H17NO3/c1-18-11-14(17)15-10-13-7-4-6-12(9-13)5-2-3-8-16/h4,6-7,9,16H,3,8,10-11H2,1H3,(H,15,17). The maximum atomic E-state index is 11.2. The number of aliphatic hydroxyl groups is 1. The van der Waals surface area contributed by atoms with Crippen LogP contribution < -0.4 is 5.32 Å². The van der Waals surface area contributed by atoms with Crippen LogP contribution >= 0.6 is 0 Å². The first-order valence-corrected chi connectivity index (χ1v) is 5.70. The number of hydrogen-bond donors (Lipinski definition) is 2. The first-order chi connectivity index (χ1) is 8.76. The van der Waals surface area contributed by atoms with E-state index in [0.29, 0.717) is 13.0 Å². The van der Waals surface area contributed by atoms with Gasteiger partial charge in [0.15, 0.2) is 0 Å². The number of aliphatic hydroxyl groups excluding tert-OH is 1. The first kappa shape index (κ1) is 14.2. The second kappa shape index (κ2) is 8.29. The summed E-state index contributed by atoms with van der Waals surface area (Å²) in [6, 6.07) is 7.62. The summed E-state index contributed by atoms with van der Waals surface area (Å²) in [6.07, 6.45) is 0.467. The Morgan fingerprint density at radius 2 is 2.33 bits per heavy atom. The zero-order valence-electron chi connectivity index (χ0n) is 10.4. The number of rotatable bonds is 5. The van der Waals surface area contributed by atoms with Crippen LogP contribution in [0.4, 0.5) is 0 Å². The van der Waals surface area contributed by atoms with Crippen LogP contribution in [0.25, 0.3) is 0 Å². The molecule has 96 valence electrons. The highest BCUT2D eigenvalue weighted by Crippen LogP contribution is 2.03. The van der Waals surface area contributed by atoms with Gasteiger partial charge in [0.1, 0.15) is 6.61 Å². The topological polar surface area (TPSA) is 58.6 Å². The molecule has 0 atom stereocenters. The van der Waals surface area contributed by atoms with Gasteiger partial charge >= 0.3 is 0 Å². The molecule has 0 aliphatic heterocycles. The van der Waals surface area contributed by atoms with Gasteiger partial charge in [-0.05, 0) is 17.7 Å². The highest BCUT2D eigenvalue weighted by atomic mass is 16.5. The van der Waals surface area contributed by atoms with Gasteiger partial charge in [0.2, 0.25) is 5.91 Å². The van der Waals surface area contributed by atoms with Gasteiger partial charge in [-0.15, -0.1) is 0 Å². The quantitative estimate of drug-likeness (QED) is 0.752. The van der Waals surface area contributed by atoms with Gasteiger partial charge in [-0.25, -0.2) is 0 Å². The van der Waals surface area contributed by atoms with E-state index < -0.39 is 0 Å². The maximum absolute atomic E-state index is 11.2. The molecule has 1 aromatic rings. The summed E-state index contributed by atoms with van der Waals surface area (Å²) in [5.41, 5.74) is 1.86. The summed E-state index contributed by atoms with van der Waals surface area (Å²) in [6.45, 7) is 0.591. The van der Waals surface area contributed by atoms with Gasteiger partial charge in [0, 0.05) is 25.6 Å². The Labute approximate surface area is 107 Å². The molecule has 18 heavy (non-hydrogen) atoms. The van der Waals surface area contributed by atoms with Crippen molar-refractivity contribution in [3.8, 4) is 11.8 Å². The SMILES string of the molecule is COCC(=O)NCc1cccc(C#CCCO)c1. The molecular weight excluding hydrogens is 230 g/mol. The third-order valence-electron chi connectivity index (χ3n) is 2.16. The number of carbonyl (C=O) groups is 1. The molecule has 0 saturated carbocycles. The average molecular weight is 247 g/mol. The fraction of sp³-hybridized carbons (Fsp3) is 0.357. The average Bonchev–Trinajstić information content (AvgIpc) is 2.38. The molecule has 4 heteroatoms. The monoisotopic (exact) mass is 247 g/mol. The van der Waals surface area contributed by atoms with Crippen LogP contribution in [0.5, 0.6) is 0 Å². The highest BCUT2D eigenvalue weighted by Gasteiger charge is 2.00. The number of nitrogens with one attached hydrogen (secondary N) is 1. The van der Waals surface area contributed by atoms with Crippen molar-refractivity contribution in [1.82, 2.24) is 5.32 Å². The second-order valence-electron chi connectivity index (χ2n) is 3.69. The Hall–Kier alpha value is -1.83. The summed E-state index contributed by atoms with van der Waals surface area (Å²) in [5, 5.41) is 11.4. The van der Waals surface area contributed by atoms with Crippen LogP contribution in [0.2, 0.25) is 0 Å². The normalized spacial score (nSPS) is 9.44. The van der Waals surface area contributed by atoms with Crippen molar-refractivity contribution in [1.29, 1.82) is 0 Å². The molecule has 0 bridgehead atoms. The van der Waals surface area contributed by atoms with Gasteiger partial charge in [0.25, 0.3) is 0 Å². The Kier molecular flexibility index (Phi) is 6.55. The van der Waals surface area contributed by atoms with Gasteiger partial charge in [0.05, 0.1) is 6.61 Å². The number of amides is 1. The van der Waals surface area contributed by atoms with Crippen molar-refractivity contribution in [2.75, 3.05) is 20.3 Å². The first-order valence-electron chi connectivity index (χ1n) is 5.70. The van der Waals surface area contributed by atoms with E-state index in [4.69, 9.17) is 9.84 Å². The van der Waals surface area contributed by atoms with Crippen molar-refractivity contribution in [2.45, 2.75) is 13.0 Å². The number of hydrogen-bond acceptors (Lipinski definition) is 3. The van der Waals surface area contributed by atoms with Gasteiger partial charge in [-0.2, -0.15) is 0 Å². The fourth-order valence-corrected chi connectivity index (χ4v) is 1.36. The molecule has 0 aliphatic carbocycles.